The van der Waals surface area contributed by atoms with Crippen LogP contribution in [0.25, 0.3) is 6.08 Å². The second-order valence-electron chi connectivity index (χ2n) is 7.33. The summed E-state index contributed by atoms with van der Waals surface area (Å²) in [6.07, 6.45) is 9.33. The Morgan fingerprint density at radius 3 is 2.76 bits per heavy atom. The third-order valence-electron chi connectivity index (χ3n) is 4.84. The SMILES string of the molecule is CCCCCOc1c(/C=C/C(=O)Nc2cccnc2Nc2ccc(C#N)cn2)cccc1OC. The number of unbranched alkanes of at least 4 members (excludes halogenated alkanes) is 2. The van der Waals surface area contributed by atoms with E-state index in [2.05, 4.69) is 27.5 Å². The molecular formula is C26H27N5O3. The summed E-state index contributed by atoms with van der Waals surface area (Å²) in [6, 6.07) is 14.4. The van der Waals surface area contributed by atoms with Crippen molar-refractivity contribution in [3.05, 3.63) is 72.1 Å². The van der Waals surface area contributed by atoms with E-state index in [1.165, 1.54) is 12.3 Å². The van der Waals surface area contributed by atoms with Crippen LogP contribution in [0.4, 0.5) is 17.3 Å². The first-order valence-electron chi connectivity index (χ1n) is 11.0. The highest BCUT2D eigenvalue weighted by molar-refractivity contribution is 6.03. The summed E-state index contributed by atoms with van der Waals surface area (Å²) in [7, 11) is 1.59. The minimum atomic E-state index is -0.330. The number of nitriles is 1. The molecule has 0 radical (unpaired) electrons. The Morgan fingerprint density at radius 2 is 2.03 bits per heavy atom. The Bertz CT molecular complexity index is 1170. The number of methoxy groups -OCH3 is 1. The van der Waals surface area contributed by atoms with E-state index in [9.17, 15) is 4.79 Å². The molecule has 2 N–H and O–H groups in total. The number of para-hydroxylation sites is 1. The molecule has 0 saturated carbocycles. The Labute approximate surface area is 199 Å². The summed E-state index contributed by atoms with van der Waals surface area (Å²) in [5.41, 5.74) is 1.69. The summed E-state index contributed by atoms with van der Waals surface area (Å²) >= 11 is 0. The number of nitrogens with one attached hydrogen (secondary N) is 2. The molecule has 0 aliphatic carbocycles. The van der Waals surface area contributed by atoms with E-state index in [0.717, 1.165) is 24.8 Å². The van der Waals surface area contributed by atoms with Crippen LogP contribution in [0, 0.1) is 11.3 Å². The second kappa shape index (κ2) is 12.6. The van der Waals surface area contributed by atoms with Gasteiger partial charge in [-0.3, -0.25) is 4.79 Å². The Balaban J connectivity index is 1.71. The molecule has 8 nitrogen and oxygen atoms in total. The fourth-order valence-electron chi connectivity index (χ4n) is 3.11. The molecule has 34 heavy (non-hydrogen) atoms. The van der Waals surface area contributed by atoms with Gasteiger partial charge in [-0.15, -0.1) is 0 Å². The van der Waals surface area contributed by atoms with Gasteiger partial charge >= 0.3 is 0 Å². The average molecular weight is 458 g/mol. The lowest BCUT2D eigenvalue weighted by Crippen LogP contribution is -2.10. The van der Waals surface area contributed by atoms with Crippen LogP contribution in [-0.4, -0.2) is 29.6 Å². The lowest BCUT2D eigenvalue weighted by Gasteiger charge is -2.13. The number of hydrogen-bond donors (Lipinski definition) is 2. The third kappa shape index (κ3) is 6.81. The third-order valence-corrected chi connectivity index (χ3v) is 4.84. The van der Waals surface area contributed by atoms with E-state index >= 15 is 0 Å². The van der Waals surface area contributed by atoms with E-state index in [1.807, 2.05) is 24.3 Å². The van der Waals surface area contributed by atoms with Crippen molar-refractivity contribution in [2.75, 3.05) is 24.4 Å². The summed E-state index contributed by atoms with van der Waals surface area (Å²) in [4.78, 5) is 21.1. The number of rotatable bonds is 11. The van der Waals surface area contributed by atoms with Gasteiger partial charge in [-0.25, -0.2) is 9.97 Å². The molecule has 174 valence electrons. The zero-order chi connectivity index (χ0) is 24.2. The van der Waals surface area contributed by atoms with Gasteiger partial charge in [0.05, 0.1) is 25.0 Å². The van der Waals surface area contributed by atoms with Crippen molar-refractivity contribution in [2.24, 2.45) is 0 Å². The maximum absolute atomic E-state index is 12.7. The van der Waals surface area contributed by atoms with Crippen LogP contribution in [0.5, 0.6) is 11.5 Å². The molecule has 2 aromatic heterocycles. The van der Waals surface area contributed by atoms with Gasteiger partial charge in [0.15, 0.2) is 17.3 Å². The summed E-state index contributed by atoms with van der Waals surface area (Å²) in [6.45, 7) is 2.72. The van der Waals surface area contributed by atoms with Crippen LogP contribution < -0.4 is 20.1 Å². The summed E-state index contributed by atoms with van der Waals surface area (Å²) in [5, 5.41) is 14.8. The topological polar surface area (TPSA) is 109 Å². The van der Waals surface area contributed by atoms with Crippen molar-refractivity contribution in [1.29, 1.82) is 5.26 Å². The highest BCUT2D eigenvalue weighted by Gasteiger charge is 2.10. The van der Waals surface area contributed by atoms with Gasteiger partial charge in [-0.05, 0) is 42.8 Å². The van der Waals surface area contributed by atoms with Crippen molar-refractivity contribution in [3.63, 3.8) is 0 Å². The van der Waals surface area contributed by atoms with Crippen molar-refractivity contribution in [3.8, 4) is 17.6 Å². The van der Waals surface area contributed by atoms with E-state index < -0.39 is 0 Å². The van der Waals surface area contributed by atoms with Crippen LogP contribution in [0.15, 0.2) is 60.9 Å². The van der Waals surface area contributed by atoms with Gasteiger partial charge in [-0.1, -0.05) is 31.9 Å². The van der Waals surface area contributed by atoms with Crippen LogP contribution in [0.1, 0.15) is 37.3 Å². The van der Waals surface area contributed by atoms with Gasteiger partial charge in [0.1, 0.15) is 11.9 Å². The summed E-state index contributed by atoms with van der Waals surface area (Å²) < 4.78 is 11.4. The molecule has 3 rings (SSSR count). The second-order valence-corrected chi connectivity index (χ2v) is 7.33. The lowest BCUT2D eigenvalue weighted by atomic mass is 10.1. The van der Waals surface area contributed by atoms with Gasteiger partial charge in [0.25, 0.3) is 0 Å². The first kappa shape index (κ1) is 24.3. The number of nitrogens with zero attached hydrogens (tertiary/aromatic N) is 3. The molecule has 1 amide bonds. The molecule has 0 aliphatic rings. The normalized spacial score (nSPS) is 10.5. The number of carbonyl (C=O) groups excluding carboxylic acids is 1. The molecule has 1 aromatic carbocycles. The standard InChI is InChI=1S/C26H27N5O3/c1-3-4-5-16-34-25-20(8-6-10-22(25)33-2)12-14-24(32)30-21-9-7-15-28-26(21)31-23-13-11-19(17-27)18-29-23/h6-15,18H,3-5,16H2,1-2H3,(H,30,32)(H,28,29,31)/b14-12+. The molecule has 0 bridgehead atoms. The number of hydrogen-bond acceptors (Lipinski definition) is 7. The molecular weight excluding hydrogens is 430 g/mol. The quantitative estimate of drug-likeness (QED) is 0.296. The Hall–Kier alpha value is -4.38. The molecule has 0 atom stereocenters. The molecule has 0 aliphatic heterocycles. The first-order valence-corrected chi connectivity index (χ1v) is 11.0. The van der Waals surface area contributed by atoms with Crippen molar-refractivity contribution < 1.29 is 14.3 Å². The number of anilines is 3. The molecule has 0 fully saturated rings. The van der Waals surface area contributed by atoms with E-state index in [4.69, 9.17) is 14.7 Å². The van der Waals surface area contributed by atoms with E-state index in [0.29, 0.717) is 41.0 Å². The first-order chi connectivity index (χ1) is 16.6. The predicted molar refractivity (Wildman–Crippen MR) is 132 cm³/mol. The monoisotopic (exact) mass is 457 g/mol. The molecule has 3 aromatic rings. The van der Waals surface area contributed by atoms with E-state index in [-0.39, 0.29) is 5.91 Å². The number of benzene rings is 1. The van der Waals surface area contributed by atoms with Gasteiger partial charge < -0.3 is 20.1 Å². The predicted octanol–water partition coefficient (Wildman–Crippen LogP) is 5.32. The number of carbonyl (C=O) groups is 1. The van der Waals surface area contributed by atoms with Crippen LogP contribution in [0.3, 0.4) is 0 Å². The molecule has 0 saturated heterocycles. The highest BCUT2D eigenvalue weighted by Crippen LogP contribution is 2.32. The zero-order valence-electron chi connectivity index (χ0n) is 19.2. The lowest BCUT2D eigenvalue weighted by molar-refractivity contribution is -0.111. The van der Waals surface area contributed by atoms with Gasteiger partial charge in [0.2, 0.25) is 5.91 Å². The minimum absolute atomic E-state index is 0.330. The Morgan fingerprint density at radius 1 is 1.15 bits per heavy atom. The summed E-state index contributed by atoms with van der Waals surface area (Å²) in [5.74, 6) is 1.84. The van der Waals surface area contributed by atoms with E-state index in [1.54, 1.807) is 43.6 Å². The largest absolute Gasteiger partial charge is 0.493 e. The van der Waals surface area contributed by atoms with Gasteiger partial charge in [0, 0.05) is 24.0 Å². The van der Waals surface area contributed by atoms with Crippen molar-refractivity contribution in [2.45, 2.75) is 26.2 Å². The number of amides is 1. The Kier molecular flexibility index (Phi) is 9.00. The maximum Gasteiger partial charge on any atom is 0.248 e. The number of aromatic nitrogens is 2. The van der Waals surface area contributed by atoms with Crippen LogP contribution >= 0.6 is 0 Å². The smallest absolute Gasteiger partial charge is 0.248 e. The fraction of sp³-hybridized carbons (Fsp3) is 0.231. The van der Waals surface area contributed by atoms with Crippen LogP contribution in [-0.2, 0) is 4.79 Å². The minimum Gasteiger partial charge on any atom is -0.493 e. The molecule has 2 heterocycles. The maximum atomic E-state index is 12.7. The van der Waals surface area contributed by atoms with Crippen molar-refractivity contribution in [1.82, 2.24) is 9.97 Å². The fourth-order valence-corrected chi connectivity index (χ4v) is 3.11. The molecule has 0 unspecified atom stereocenters. The number of ether oxygens (including phenoxy) is 2. The zero-order valence-corrected chi connectivity index (χ0v) is 19.2. The van der Waals surface area contributed by atoms with Gasteiger partial charge in [-0.2, -0.15) is 5.26 Å². The number of pyridine rings is 2. The molecule has 8 heteroatoms. The molecule has 0 spiro atoms. The van der Waals surface area contributed by atoms with Crippen LogP contribution in [0.2, 0.25) is 0 Å². The average Bonchev–Trinajstić information content (AvgIpc) is 2.87. The highest BCUT2D eigenvalue weighted by atomic mass is 16.5. The van der Waals surface area contributed by atoms with Crippen molar-refractivity contribution >= 4 is 29.3 Å².